The number of benzene rings is 3. The van der Waals surface area contributed by atoms with Crippen LogP contribution in [0.3, 0.4) is 0 Å². The minimum Gasteiger partial charge on any atom is -0.370 e. The van der Waals surface area contributed by atoms with Gasteiger partial charge in [-0.2, -0.15) is 0 Å². The average molecular weight is 1630 g/mol. The van der Waals surface area contributed by atoms with E-state index in [0.29, 0.717) is 89.4 Å². The third-order valence-electron chi connectivity index (χ3n) is 20.3. The zero-order chi connectivity index (χ0) is 83.4. The van der Waals surface area contributed by atoms with Gasteiger partial charge in [0.15, 0.2) is 0 Å². The summed E-state index contributed by atoms with van der Waals surface area (Å²) in [7, 11) is 0. The summed E-state index contributed by atoms with van der Waals surface area (Å²) in [4.78, 5) is 205. The first-order valence-electron chi connectivity index (χ1n) is 39.1. The van der Waals surface area contributed by atoms with Gasteiger partial charge in [-0.3, -0.25) is 77.3 Å². The van der Waals surface area contributed by atoms with Crippen LogP contribution in [-0.2, 0) is 89.6 Å². The fourth-order valence-corrected chi connectivity index (χ4v) is 14.5. The van der Waals surface area contributed by atoms with E-state index < -0.39 is 144 Å². The van der Waals surface area contributed by atoms with Crippen LogP contribution in [0.4, 0.5) is 0 Å². The highest BCUT2D eigenvalue weighted by atomic mass is 35.5. The first kappa shape index (κ1) is 88.3. The van der Waals surface area contributed by atoms with E-state index in [-0.39, 0.29) is 99.2 Å². The number of carbonyl (C=O) groups excluding carboxylic acids is 13. The molecule has 7 aromatic rings. The monoisotopic (exact) mass is 1630 g/mol. The summed E-state index contributed by atoms with van der Waals surface area (Å²) in [6, 6.07) is 15.4. The molecule has 3 aromatic carbocycles. The summed E-state index contributed by atoms with van der Waals surface area (Å²) in [6.07, 6.45) is 12.9. The summed E-state index contributed by atoms with van der Waals surface area (Å²) >= 11 is 12.9. The van der Waals surface area contributed by atoms with Gasteiger partial charge in [0.1, 0.15) is 60.4 Å². The van der Waals surface area contributed by atoms with E-state index in [2.05, 4.69) is 67.8 Å². The molecule has 2 aliphatic rings. The van der Waals surface area contributed by atoms with E-state index in [4.69, 9.17) is 40.4 Å². The lowest BCUT2D eigenvalue weighted by Crippen LogP contribution is -2.61. The maximum Gasteiger partial charge on any atom is 0.252 e. The number of fused-ring (bicyclic) bond motifs is 1. The van der Waals surface area contributed by atoms with Gasteiger partial charge in [0, 0.05) is 106 Å². The number of nitrogens with two attached hydrogens (primary N) is 3. The van der Waals surface area contributed by atoms with Crippen LogP contribution < -0.4 is 65.1 Å². The molecule has 0 spiro atoms. The lowest BCUT2D eigenvalue weighted by molar-refractivity contribution is -0.144. The number of unbranched alkanes of at least 4 members (excludes halogenated alkanes) is 2. The first-order valence-corrected chi connectivity index (χ1v) is 39.8. The van der Waals surface area contributed by atoms with E-state index in [1.165, 1.54) is 52.9 Å². The quantitative estimate of drug-likeness (QED) is 0.0243. The first-order chi connectivity index (χ1) is 55.7. The predicted octanol–water partition coefficient (Wildman–Crippen LogP) is 3.56. The number of H-pyrrole nitrogens is 1. The minimum atomic E-state index is -1.87. The van der Waals surface area contributed by atoms with Crippen LogP contribution in [0.25, 0.3) is 10.9 Å². The fourth-order valence-electron chi connectivity index (χ4n) is 14.2. The molecule has 4 aromatic heterocycles. The van der Waals surface area contributed by atoms with E-state index >= 15 is 28.8 Å². The molecule has 0 aliphatic carbocycles. The molecular weight excluding hydrogens is 1530 g/mol. The topological polar surface area (TPSA) is 469 Å². The van der Waals surface area contributed by atoms with Gasteiger partial charge in [-0.05, 0) is 134 Å². The van der Waals surface area contributed by atoms with Crippen molar-refractivity contribution >= 4 is 111 Å². The molecule has 33 heteroatoms. The number of nitrogens with one attached hydrogen (secondary N) is 10. The van der Waals surface area contributed by atoms with Crippen LogP contribution in [0, 0.1) is 5.92 Å². The van der Waals surface area contributed by atoms with Crippen molar-refractivity contribution in [3.63, 3.8) is 0 Å². The smallest absolute Gasteiger partial charge is 0.252 e. The van der Waals surface area contributed by atoms with Gasteiger partial charge in [0.05, 0.1) is 28.1 Å². The van der Waals surface area contributed by atoms with Crippen molar-refractivity contribution < 1.29 is 62.3 Å². The van der Waals surface area contributed by atoms with Crippen LogP contribution in [0.5, 0.6) is 0 Å². The van der Waals surface area contributed by atoms with Crippen molar-refractivity contribution in [1.29, 1.82) is 0 Å². The fraction of sp³-hybridized carbons (Fsp3) is 0.422. The molecule has 0 saturated carbocycles. The number of carbonyl (C=O) groups is 13. The SMILES string of the molecule is CCCC[C@H](NC(=O)[C@H](CC(C)C)NC(=O)[C@@H](Cc1cccnc1)NC(=O)[C@H](Cc1ccccc1)NC(=O)[C@@H](Cc1c[nH]c2ccccc12)NC(=O)[C@H](CC(N)=O)NC(=O)[C@@H](Cc1ccc(Cl)c(Cl)c1)NC(=O)[C@@H]1CCCN1C(=O)[C@H](Cc1cccnc1)NC(=O)[C@@H]1CCCN1C(=O)[C@H](N)CCCCNC(=O)c1cccnc1)C(N)=O. The molecule has 2 fully saturated rings. The second kappa shape index (κ2) is 43.7. The van der Waals surface area contributed by atoms with E-state index in [9.17, 15) is 33.6 Å². The predicted molar refractivity (Wildman–Crippen MR) is 433 cm³/mol. The largest absolute Gasteiger partial charge is 0.370 e. The molecule has 116 heavy (non-hydrogen) atoms. The normalized spacial score (nSPS) is 16.2. The zero-order valence-corrected chi connectivity index (χ0v) is 66.5. The highest BCUT2D eigenvalue weighted by molar-refractivity contribution is 6.42. The summed E-state index contributed by atoms with van der Waals surface area (Å²) in [5.41, 5.74) is 21.6. The van der Waals surface area contributed by atoms with Crippen molar-refractivity contribution in [3.8, 4) is 0 Å². The number of halogens is 2. The van der Waals surface area contributed by atoms with Crippen molar-refractivity contribution in [2.24, 2.45) is 23.1 Å². The number of aromatic amines is 1. The molecule has 616 valence electrons. The minimum absolute atomic E-state index is 0.0351. The Balaban J connectivity index is 0.945. The number of hydrogen-bond donors (Lipinski definition) is 13. The molecule has 0 bridgehead atoms. The van der Waals surface area contributed by atoms with Gasteiger partial charge in [-0.25, -0.2) is 0 Å². The molecular formula is C83H102Cl2N18O13. The van der Waals surface area contributed by atoms with Gasteiger partial charge < -0.3 is 79.8 Å². The van der Waals surface area contributed by atoms with Gasteiger partial charge in [-0.1, -0.05) is 124 Å². The van der Waals surface area contributed by atoms with Crippen LogP contribution in [0.2, 0.25) is 10.0 Å². The Labute approximate surface area is 682 Å². The lowest BCUT2D eigenvalue weighted by Gasteiger charge is -2.32. The Morgan fingerprint density at radius 1 is 0.500 bits per heavy atom. The van der Waals surface area contributed by atoms with Gasteiger partial charge in [0.2, 0.25) is 70.9 Å². The molecule has 13 amide bonds. The van der Waals surface area contributed by atoms with Gasteiger partial charge >= 0.3 is 0 Å². The van der Waals surface area contributed by atoms with Crippen LogP contribution >= 0.6 is 23.2 Å². The summed E-state index contributed by atoms with van der Waals surface area (Å²) in [5, 5.41) is 25.8. The lowest BCUT2D eigenvalue weighted by atomic mass is 9.99. The second-order valence-electron chi connectivity index (χ2n) is 29.6. The van der Waals surface area contributed by atoms with Crippen molar-refractivity contribution in [3.05, 3.63) is 196 Å². The number of para-hydroxylation sites is 1. The van der Waals surface area contributed by atoms with E-state index in [0.717, 1.165) is 0 Å². The molecule has 31 nitrogen and oxygen atoms in total. The number of aromatic nitrogens is 4. The molecule has 11 atom stereocenters. The third kappa shape index (κ3) is 25.9. The number of primary amides is 2. The maximum atomic E-state index is 15.4. The Morgan fingerprint density at radius 3 is 1.57 bits per heavy atom. The van der Waals surface area contributed by atoms with Gasteiger partial charge in [-0.15, -0.1) is 0 Å². The van der Waals surface area contributed by atoms with Crippen molar-refractivity contribution in [1.82, 2.24) is 77.6 Å². The Morgan fingerprint density at radius 2 is 1.00 bits per heavy atom. The zero-order valence-electron chi connectivity index (χ0n) is 65.0. The molecule has 0 radical (unpaired) electrons. The number of pyridine rings is 3. The van der Waals surface area contributed by atoms with Gasteiger partial charge in [0.25, 0.3) is 5.91 Å². The number of likely N-dealkylation sites (tertiary alicyclic amines) is 2. The molecule has 2 aliphatic heterocycles. The summed E-state index contributed by atoms with van der Waals surface area (Å²) in [5.74, 6) is -10.3. The van der Waals surface area contributed by atoms with Crippen molar-refractivity contribution in [2.45, 2.75) is 196 Å². The van der Waals surface area contributed by atoms with E-state index in [1.54, 1.807) is 109 Å². The third-order valence-corrected chi connectivity index (χ3v) is 21.0. The highest BCUT2D eigenvalue weighted by Gasteiger charge is 2.43. The highest BCUT2D eigenvalue weighted by Crippen LogP contribution is 2.27. The average Bonchev–Trinajstić information content (AvgIpc) is 1.61. The van der Waals surface area contributed by atoms with Crippen LogP contribution in [-0.4, -0.2) is 193 Å². The molecule has 2 saturated heterocycles. The van der Waals surface area contributed by atoms with E-state index in [1.807, 2.05) is 20.8 Å². The Kier molecular flexibility index (Phi) is 33.2. The number of hydrogen-bond acceptors (Lipinski definition) is 17. The standard InChI is InChI=1S/C83H102Cl2N18O13/c1-4-5-25-61(72(88)105)94-74(107)62(37-49(2)3)95-77(110)65(41-52-20-13-31-89-45-52)97-75(108)63(39-50-18-7-6-8-19-50)96-78(111)66(43-55-48-93-60-26-10-9-23-56(55)60)98-79(112)67(44-71(87)104)99-76(109)64(40-51-29-30-57(84)58(85)38-51)100-80(113)70-28-17-36-103(70)83(116)68(42-53-21-14-32-90-46-53)101-81(114)69-27-16-35-102(69)82(115)59(86)24-11-12-34-92-73(106)54-22-15-33-91-47-54/h6-10,13-15,18-23,26,29-33,38,45-49,59,61-70,93H,4-5,11-12,16-17,24-25,27-28,34-37,39-44,86H2,1-3H3,(H2,87,104)(H2,88,105)(H,92,106)(H,94,107)(H,95,110)(H,96,111)(H,97,108)(H,98,112)(H,99,109)(H,100,113)(H,101,114)/t59-,61+,62+,63+,64-,65-,66-,67+,68+,69+,70+/m1/s1. The van der Waals surface area contributed by atoms with Crippen LogP contribution in [0.15, 0.2) is 153 Å². The maximum absolute atomic E-state index is 15.4. The molecule has 9 rings (SSSR count). The molecule has 16 N–H and O–H groups in total. The Bertz CT molecular complexity index is 4570. The number of amides is 13. The molecule has 6 heterocycles. The molecule has 0 unspecified atom stereocenters. The number of nitrogens with zero attached hydrogens (tertiary/aromatic N) is 5. The summed E-state index contributed by atoms with van der Waals surface area (Å²) in [6.45, 7) is 6.19. The number of rotatable bonds is 42. The van der Waals surface area contributed by atoms with Crippen LogP contribution in [0.1, 0.15) is 136 Å². The van der Waals surface area contributed by atoms with Crippen molar-refractivity contribution in [2.75, 3.05) is 19.6 Å². The second-order valence-corrected chi connectivity index (χ2v) is 30.5. The Hall–Kier alpha value is -11.7. The summed E-state index contributed by atoms with van der Waals surface area (Å²) < 4.78 is 0.